The third kappa shape index (κ3) is 3.37. The number of halogens is 4. The average molecular weight is 379 g/mol. The van der Waals surface area contributed by atoms with Crippen molar-refractivity contribution in [2.24, 2.45) is 0 Å². The summed E-state index contributed by atoms with van der Waals surface area (Å²) < 4.78 is 19.7. The van der Waals surface area contributed by atoms with Gasteiger partial charge in [0, 0.05) is 22.2 Å². The first-order valence-electron chi connectivity index (χ1n) is 5.72. The van der Waals surface area contributed by atoms with E-state index in [4.69, 9.17) is 27.9 Å². The summed E-state index contributed by atoms with van der Waals surface area (Å²) in [6.07, 6.45) is 0. The van der Waals surface area contributed by atoms with Crippen molar-refractivity contribution in [1.29, 1.82) is 0 Å². The van der Waals surface area contributed by atoms with Gasteiger partial charge in [0.25, 0.3) is 0 Å². The molecule has 20 heavy (non-hydrogen) atoms. The molecule has 0 unspecified atom stereocenters. The topological polar surface area (TPSA) is 21.3 Å². The van der Waals surface area contributed by atoms with Crippen molar-refractivity contribution in [3.05, 3.63) is 56.2 Å². The highest BCUT2D eigenvalue weighted by Crippen LogP contribution is 2.36. The molecular formula is C14H11BrCl2FNO. The second kappa shape index (κ2) is 6.66. The minimum absolute atomic E-state index is 0.231. The molecule has 0 saturated carbocycles. The first-order valence-corrected chi connectivity index (χ1v) is 7.27. The van der Waals surface area contributed by atoms with E-state index in [0.717, 1.165) is 4.47 Å². The highest BCUT2D eigenvalue weighted by Gasteiger charge is 2.11. The fraction of sp³-hybridized carbons (Fsp3) is 0.143. The van der Waals surface area contributed by atoms with Crippen LogP contribution in [0, 0.1) is 5.82 Å². The van der Waals surface area contributed by atoms with Crippen molar-refractivity contribution in [2.45, 2.75) is 6.54 Å². The van der Waals surface area contributed by atoms with E-state index in [1.165, 1.54) is 6.07 Å². The molecule has 0 spiro atoms. The molecule has 106 valence electrons. The molecule has 0 aliphatic heterocycles. The van der Waals surface area contributed by atoms with Gasteiger partial charge in [-0.3, -0.25) is 0 Å². The van der Waals surface area contributed by atoms with Crippen LogP contribution in [0.5, 0.6) is 5.75 Å². The van der Waals surface area contributed by atoms with E-state index < -0.39 is 0 Å². The summed E-state index contributed by atoms with van der Waals surface area (Å²) in [6.45, 7) is 0.231. The van der Waals surface area contributed by atoms with Crippen LogP contribution < -0.4 is 10.1 Å². The van der Waals surface area contributed by atoms with Crippen molar-refractivity contribution in [2.75, 3.05) is 12.4 Å². The Morgan fingerprint density at radius 3 is 2.70 bits per heavy atom. The first-order chi connectivity index (χ1) is 9.52. The number of ether oxygens (including phenoxy) is 1. The first kappa shape index (κ1) is 15.4. The minimum atomic E-state index is -0.356. The molecule has 2 aromatic rings. The number of benzene rings is 2. The molecule has 2 aromatic carbocycles. The molecule has 0 aliphatic carbocycles. The number of nitrogens with one attached hydrogen (secondary N) is 1. The Labute approximate surface area is 135 Å². The van der Waals surface area contributed by atoms with Crippen LogP contribution in [0.3, 0.4) is 0 Å². The predicted octanol–water partition coefficient (Wildman–Crippen LogP) is 5.52. The summed E-state index contributed by atoms with van der Waals surface area (Å²) in [5.74, 6) is 0.243. The molecule has 0 fully saturated rings. The van der Waals surface area contributed by atoms with Gasteiger partial charge in [0.2, 0.25) is 0 Å². The number of rotatable bonds is 4. The van der Waals surface area contributed by atoms with Crippen molar-refractivity contribution in [3.63, 3.8) is 0 Å². The maximum Gasteiger partial charge on any atom is 0.156 e. The highest BCUT2D eigenvalue weighted by atomic mass is 79.9. The second-order valence-corrected chi connectivity index (χ2v) is 5.72. The largest absolute Gasteiger partial charge is 0.493 e. The Hall–Kier alpha value is -0.970. The van der Waals surface area contributed by atoms with Crippen LogP contribution in [0.25, 0.3) is 0 Å². The molecule has 0 aliphatic rings. The van der Waals surface area contributed by atoms with E-state index in [-0.39, 0.29) is 12.4 Å². The molecule has 0 radical (unpaired) electrons. The van der Waals surface area contributed by atoms with Gasteiger partial charge in [0.15, 0.2) is 5.75 Å². The van der Waals surface area contributed by atoms with E-state index in [0.29, 0.717) is 27.0 Å². The molecule has 0 saturated heterocycles. The normalized spacial score (nSPS) is 10.4. The van der Waals surface area contributed by atoms with Crippen molar-refractivity contribution >= 4 is 44.8 Å². The van der Waals surface area contributed by atoms with Crippen molar-refractivity contribution in [1.82, 2.24) is 0 Å². The Morgan fingerprint density at radius 2 is 2.05 bits per heavy atom. The fourth-order valence-electron chi connectivity index (χ4n) is 1.78. The van der Waals surface area contributed by atoms with Gasteiger partial charge in [-0.2, -0.15) is 0 Å². The molecule has 0 bridgehead atoms. The lowest BCUT2D eigenvalue weighted by Crippen LogP contribution is -2.04. The lowest BCUT2D eigenvalue weighted by Gasteiger charge is -2.14. The molecular weight excluding hydrogens is 368 g/mol. The number of methoxy groups -OCH3 is 1. The molecule has 2 rings (SSSR count). The van der Waals surface area contributed by atoms with Crippen molar-refractivity contribution < 1.29 is 9.13 Å². The van der Waals surface area contributed by atoms with Crippen LogP contribution in [-0.2, 0) is 6.54 Å². The molecule has 0 heterocycles. The molecule has 0 aromatic heterocycles. The molecule has 2 nitrogen and oxygen atoms in total. The summed E-state index contributed by atoms with van der Waals surface area (Å²) in [5, 5.41) is 3.99. The zero-order chi connectivity index (χ0) is 14.7. The standard InChI is InChI=1S/C14H11BrCl2FNO/c1-20-14-10(15)5-8(16)6-13(14)19-7-9-11(17)3-2-4-12(9)18/h2-6,19H,7H2,1H3. The molecule has 1 N–H and O–H groups in total. The Morgan fingerprint density at radius 1 is 1.30 bits per heavy atom. The summed E-state index contributed by atoms with van der Waals surface area (Å²) in [4.78, 5) is 0. The predicted molar refractivity (Wildman–Crippen MR) is 84.4 cm³/mol. The SMILES string of the molecule is COc1c(Br)cc(Cl)cc1NCc1c(F)cccc1Cl. The van der Waals surface area contributed by atoms with Gasteiger partial charge in [0.05, 0.1) is 17.3 Å². The van der Waals surface area contributed by atoms with Gasteiger partial charge in [-0.15, -0.1) is 0 Å². The zero-order valence-corrected chi connectivity index (χ0v) is 13.6. The third-order valence-electron chi connectivity index (χ3n) is 2.73. The molecule has 0 atom stereocenters. The number of hydrogen-bond donors (Lipinski definition) is 1. The zero-order valence-electron chi connectivity index (χ0n) is 10.5. The van der Waals surface area contributed by atoms with Crippen LogP contribution in [0.1, 0.15) is 5.56 Å². The summed E-state index contributed by atoms with van der Waals surface area (Å²) in [7, 11) is 1.55. The number of hydrogen-bond acceptors (Lipinski definition) is 2. The van der Waals surface area contributed by atoms with Gasteiger partial charge >= 0.3 is 0 Å². The van der Waals surface area contributed by atoms with Crippen LogP contribution in [-0.4, -0.2) is 7.11 Å². The van der Waals surface area contributed by atoms with Crippen LogP contribution in [0.15, 0.2) is 34.8 Å². The summed E-state index contributed by atoms with van der Waals surface area (Å²) in [5.41, 5.74) is 1.05. The number of anilines is 1. The van der Waals surface area contributed by atoms with E-state index >= 15 is 0 Å². The van der Waals surface area contributed by atoms with Crippen molar-refractivity contribution in [3.8, 4) is 5.75 Å². The van der Waals surface area contributed by atoms with E-state index in [9.17, 15) is 4.39 Å². The Bertz CT molecular complexity index is 617. The van der Waals surface area contributed by atoms with E-state index in [2.05, 4.69) is 21.2 Å². The summed E-state index contributed by atoms with van der Waals surface area (Å²) >= 11 is 15.3. The van der Waals surface area contributed by atoms with E-state index in [1.807, 2.05) is 0 Å². The minimum Gasteiger partial charge on any atom is -0.493 e. The maximum atomic E-state index is 13.7. The highest BCUT2D eigenvalue weighted by molar-refractivity contribution is 9.10. The monoisotopic (exact) mass is 377 g/mol. The summed E-state index contributed by atoms with van der Waals surface area (Å²) in [6, 6.07) is 8.01. The lowest BCUT2D eigenvalue weighted by molar-refractivity contribution is 0.414. The van der Waals surface area contributed by atoms with Crippen LogP contribution in [0.2, 0.25) is 10.0 Å². The van der Waals surface area contributed by atoms with Crippen LogP contribution in [0.4, 0.5) is 10.1 Å². The van der Waals surface area contributed by atoms with E-state index in [1.54, 1.807) is 31.4 Å². The lowest BCUT2D eigenvalue weighted by atomic mass is 10.2. The quantitative estimate of drug-likeness (QED) is 0.756. The molecule has 0 amide bonds. The van der Waals surface area contributed by atoms with Gasteiger partial charge in [-0.25, -0.2) is 4.39 Å². The Kier molecular flexibility index (Phi) is 5.13. The molecule has 6 heteroatoms. The smallest absolute Gasteiger partial charge is 0.156 e. The van der Waals surface area contributed by atoms with Gasteiger partial charge < -0.3 is 10.1 Å². The van der Waals surface area contributed by atoms with Crippen LogP contribution >= 0.6 is 39.1 Å². The Balaban J connectivity index is 2.27. The maximum absolute atomic E-state index is 13.7. The van der Waals surface area contributed by atoms with Gasteiger partial charge in [-0.1, -0.05) is 29.3 Å². The van der Waals surface area contributed by atoms with Gasteiger partial charge in [0.1, 0.15) is 5.82 Å². The fourth-order valence-corrected chi connectivity index (χ4v) is 2.99. The second-order valence-electron chi connectivity index (χ2n) is 4.02. The van der Waals surface area contributed by atoms with Gasteiger partial charge in [-0.05, 0) is 40.2 Å². The third-order valence-corrected chi connectivity index (χ3v) is 3.89. The average Bonchev–Trinajstić information content (AvgIpc) is 2.37.